The van der Waals surface area contributed by atoms with E-state index in [9.17, 15) is 4.79 Å². The van der Waals surface area contributed by atoms with Gasteiger partial charge in [-0.3, -0.25) is 14.5 Å². The average molecular weight is 315 g/mol. The molecule has 0 saturated carbocycles. The summed E-state index contributed by atoms with van der Waals surface area (Å²) in [5, 5.41) is 14.0. The summed E-state index contributed by atoms with van der Waals surface area (Å²) in [6, 6.07) is 0. The summed E-state index contributed by atoms with van der Waals surface area (Å²) in [7, 11) is 0. The van der Waals surface area contributed by atoms with E-state index in [0.717, 1.165) is 30.8 Å². The molecule has 2 aromatic heterocycles. The molecule has 0 radical (unpaired) electrons. The maximum Gasteiger partial charge on any atom is 0.273 e. The van der Waals surface area contributed by atoms with Crippen molar-refractivity contribution in [3.05, 3.63) is 40.5 Å². The summed E-state index contributed by atoms with van der Waals surface area (Å²) >= 11 is 0. The van der Waals surface area contributed by atoms with Gasteiger partial charge in [-0.15, -0.1) is 5.10 Å². The molecule has 4 N–H and O–H groups in total. The van der Waals surface area contributed by atoms with Crippen molar-refractivity contribution in [1.29, 1.82) is 0 Å². The number of aromatic nitrogens is 4. The van der Waals surface area contributed by atoms with E-state index in [1.54, 1.807) is 10.9 Å². The van der Waals surface area contributed by atoms with Gasteiger partial charge >= 0.3 is 0 Å². The van der Waals surface area contributed by atoms with Crippen molar-refractivity contribution in [2.75, 3.05) is 13.1 Å². The molecule has 3 rings (SSSR count). The van der Waals surface area contributed by atoms with Gasteiger partial charge in [0.1, 0.15) is 0 Å². The van der Waals surface area contributed by atoms with Gasteiger partial charge in [0.15, 0.2) is 5.69 Å². The predicted molar refractivity (Wildman–Crippen MR) is 84.6 cm³/mol. The molecule has 3 heterocycles. The van der Waals surface area contributed by atoms with Gasteiger partial charge in [-0.1, -0.05) is 5.21 Å². The summed E-state index contributed by atoms with van der Waals surface area (Å²) < 4.78 is 1.57. The Morgan fingerprint density at radius 3 is 3.22 bits per heavy atom. The zero-order valence-electron chi connectivity index (χ0n) is 13.2. The minimum atomic E-state index is -0.237. The Hall–Kier alpha value is -2.32. The number of amides is 1. The second-order valence-electron chi connectivity index (χ2n) is 5.59. The fourth-order valence-electron chi connectivity index (χ4n) is 2.78. The number of nitrogens with two attached hydrogens (primary N) is 1. The maximum absolute atomic E-state index is 12.2. The van der Waals surface area contributed by atoms with Crippen LogP contribution in [-0.2, 0) is 26.1 Å². The number of nitrogens with one attached hydrogen (secondary N) is 2. The van der Waals surface area contributed by atoms with Crippen molar-refractivity contribution in [2.45, 2.75) is 33.0 Å². The van der Waals surface area contributed by atoms with E-state index >= 15 is 0 Å². The molecule has 0 unspecified atom stereocenters. The summed E-state index contributed by atoms with van der Waals surface area (Å²) in [6.07, 6.45) is 4.48. The van der Waals surface area contributed by atoms with Crippen LogP contribution in [0.1, 0.15) is 32.9 Å². The molecule has 122 valence electrons. The van der Waals surface area contributed by atoms with Crippen molar-refractivity contribution in [1.82, 2.24) is 30.6 Å². The largest absolute Gasteiger partial charge is 0.346 e. The molecule has 1 aliphatic rings. The Morgan fingerprint density at radius 1 is 1.52 bits per heavy atom. The second kappa shape index (κ2) is 6.84. The third kappa shape index (κ3) is 3.38. The van der Waals surface area contributed by atoms with Crippen LogP contribution in [0.4, 0.5) is 0 Å². The molecule has 2 aromatic rings. The van der Waals surface area contributed by atoms with Gasteiger partial charge < -0.3 is 16.4 Å². The Balaban J connectivity index is 1.71. The fourth-order valence-corrected chi connectivity index (χ4v) is 2.78. The predicted octanol–water partition coefficient (Wildman–Crippen LogP) is -0.484. The van der Waals surface area contributed by atoms with Gasteiger partial charge in [-0.2, -0.15) is 0 Å². The van der Waals surface area contributed by atoms with Crippen LogP contribution >= 0.6 is 0 Å². The number of fused-ring (bicyclic) bond motifs is 1. The van der Waals surface area contributed by atoms with Crippen molar-refractivity contribution in [2.24, 2.45) is 5.73 Å². The smallest absolute Gasteiger partial charge is 0.273 e. The second-order valence-corrected chi connectivity index (χ2v) is 5.59. The van der Waals surface area contributed by atoms with Crippen LogP contribution < -0.4 is 16.4 Å². The summed E-state index contributed by atoms with van der Waals surface area (Å²) in [5.41, 5.74) is 10.3. The number of pyridine rings is 1. The fraction of sp³-hybridized carbons (Fsp3) is 0.467. The molecule has 0 saturated heterocycles. The quantitative estimate of drug-likeness (QED) is 0.687. The van der Waals surface area contributed by atoms with E-state index in [-0.39, 0.29) is 5.91 Å². The van der Waals surface area contributed by atoms with Gasteiger partial charge in [0, 0.05) is 31.5 Å². The lowest BCUT2D eigenvalue weighted by atomic mass is 9.96. The Morgan fingerprint density at radius 2 is 2.39 bits per heavy atom. The first-order valence-corrected chi connectivity index (χ1v) is 7.74. The number of carbonyl (C=O) groups excluding carboxylic acids is 1. The molecule has 23 heavy (non-hydrogen) atoms. The number of hydrogen-bond donors (Lipinski definition) is 3. The SMILES string of the molecule is Cc1ncc2c(c1CNC(=O)c1cn(CCN)nn1)CCNC2. The molecule has 0 atom stereocenters. The first kappa shape index (κ1) is 15.6. The van der Waals surface area contributed by atoms with E-state index in [1.165, 1.54) is 11.1 Å². The zero-order chi connectivity index (χ0) is 16.2. The molecular formula is C15H21N7O. The molecule has 8 nitrogen and oxygen atoms in total. The third-order valence-electron chi connectivity index (χ3n) is 4.03. The number of hydrogen-bond acceptors (Lipinski definition) is 6. The van der Waals surface area contributed by atoms with E-state index in [2.05, 4.69) is 25.9 Å². The zero-order valence-corrected chi connectivity index (χ0v) is 13.2. The molecule has 1 amide bonds. The van der Waals surface area contributed by atoms with Gasteiger partial charge in [0.2, 0.25) is 0 Å². The highest BCUT2D eigenvalue weighted by Gasteiger charge is 2.17. The van der Waals surface area contributed by atoms with Crippen molar-refractivity contribution in [3.63, 3.8) is 0 Å². The Labute approximate surface area is 134 Å². The molecule has 0 bridgehead atoms. The van der Waals surface area contributed by atoms with E-state index in [1.807, 2.05) is 13.1 Å². The lowest BCUT2D eigenvalue weighted by Gasteiger charge is -2.21. The molecule has 0 aromatic carbocycles. The van der Waals surface area contributed by atoms with E-state index in [0.29, 0.717) is 25.3 Å². The van der Waals surface area contributed by atoms with Gasteiger partial charge in [-0.05, 0) is 36.6 Å². The van der Waals surface area contributed by atoms with Crippen LogP contribution in [-0.4, -0.2) is 39.0 Å². The lowest BCUT2D eigenvalue weighted by Crippen LogP contribution is -2.29. The first-order valence-electron chi connectivity index (χ1n) is 7.74. The number of carbonyl (C=O) groups is 1. The van der Waals surface area contributed by atoms with Crippen LogP contribution in [0.2, 0.25) is 0 Å². The van der Waals surface area contributed by atoms with Gasteiger partial charge in [-0.25, -0.2) is 0 Å². The highest BCUT2D eigenvalue weighted by Crippen LogP contribution is 2.20. The molecule has 8 heteroatoms. The van der Waals surface area contributed by atoms with Gasteiger partial charge in [0.25, 0.3) is 5.91 Å². The molecule has 0 aliphatic carbocycles. The van der Waals surface area contributed by atoms with Crippen LogP contribution in [0.3, 0.4) is 0 Å². The highest BCUT2D eigenvalue weighted by molar-refractivity contribution is 5.91. The van der Waals surface area contributed by atoms with Crippen LogP contribution in [0.25, 0.3) is 0 Å². The summed E-state index contributed by atoms with van der Waals surface area (Å²) in [4.78, 5) is 16.7. The number of rotatable bonds is 5. The first-order chi connectivity index (χ1) is 11.2. The molecule has 1 aliphatic heterocycles. The number of nitrogens with zero attached hydrogens (tertiary/aromatic N) is 4. The third-order valence-corrected chi connectivity index (χ3v) is 4.03. The average Bonchev–Trinajstić information content (AvgIpc) is 3.03. The van der Waals surface area contributed by atoms with E-state index < -0.39 is 0 Å². The van der Waals surface area contributed by atoms with Crippen molar-refractivity contribution in [3.8, 4) is 0 Å². The lowest BCUT2D eigenvalue weighted by molar-refractivity contribution is 0.0945. The summed E-state index contributed by atoms with van der Waals surface area (Å²) in [6.45, 7) is 5.20. The van der Waals surface area contributed by atoms with Crippen LogP contribution in [0.5, 0.6) is 0 Å². The van der Waals surface area contributed by atoms with Crippen LogP contribution in [0, 0.1) is 6.92 Å². The van der Waals surface area contributed by atoms with Crippen molar-refractivity contribution >= 4 is 5.91 Å². The topological polar surface area (TPSA) is 111 Å². The molecule has 0 spiro atoms. The van der Waals surface area contributed by atoms with Crippen molar-refractivity contribution < 1.29 is 4.79 Å². The standard InChI is InChI=1S/C15H21N7O/c1-10-13(12-2-4-17-6-11(12)7-18-10)8-19-15(23)14-9-22(5-3-16)21-20-14/h7,9,17H,2-6,8,16H2,1H3,(H,19,23). The summed E-state index contributed by atoms with van der Waals surface area (Å²) in [5.74, 6) is -0.237. The Kier molecular flexibility index (Phi) is 4.63. The number of aryl methyl sites for hydroxylation is 1. The van der Waals surface area contributed by atoms with E-state index in [4.69, 9.17) is 5.73 Å². The minimum absolute atomic E-state index is 0.237. The highest BCUT2D eigenvalue weighted by atomic mass is 16.2. The molecule has 0 fully saturated rings. The Bertz CT molecular complexity index is 710. The van der Waals surface area contributed by atoms with Crippen LogP contribution in [0.15, 0.2) is 12.4 Å². The molecular weight excluding hydrogens is 294 g/mol. The normalized spacial score (nSPS) is 13.7. The van der Waals surface area contributed by atoms with Gasteiger partial charge in [0.05, 0.1) is 12.7 Å². The minimum Gasteiger partial charge on any atom is -0.346 e. The maximum atomic E-state index is 12.2. The monoisotopic (exact) mass is 315 g/mol.